The van der Waals surface area contributed by atoms with Crippen molar-refractivity contribution in [2.24, 2.45) is 0 Å². The Bertz CT molecular complexity index is 1330. The minimum atomic E-state index is -1.17. The van der Waals surface area contributed by atoms with Gasteiger partial charge >= 0.3 is 5.97 Å². The van der Waals surface area contributed by atoms with Gasteiger partial charge in [0.2, 0.25) is 11.7 Å². The first-order chi connectivity index (χ1) is 17.9. The summed E-state index contributed by atoms with van der Waals surface area (Å²) in [6.07, 6.45) is 0. The topological polar surface area (TPSA) is 95.1 Å². The van der Waals surface area contributed by atoms with E-state index in [1.807, 2.05) is 55.5 Å². The Morgan fingerprint density at radius 2 is 1.51 bits per heavy atom. The van der Waals surface area contributed by atoms with Crippen molar-refractivity contribution < 1.29 is 28.5 Å². The van der Waals surface area contributed by atoms with Gasteiger partial charge in [0.1, 0.15) is 11.5 Å². The van der Waals surface area contributed by atoms with Crippen LogP contribution in [-0.2, 0) is 19.7 Å². The normalized spacial score (nSPS) is 23.9. The van der Waals surface area contributed by atoms with Crippen LogP contribution in [0.4, 0.5) is 5.69 Å². The monoisotopic (exact) mass is 502 g/mol. The van der Waals surface area contributed by atoms with Gasteiger partial charge in [-0.25, -0.2) is 0 Å². The van der Waals surface area contributed by atoms with Crippen LogP contribution in [0.5, 0.6) is 17.2 Å². The molecule has 0 radical (unpaired) electrons. The van der Waals surface area contributed by atoms with Crippen molar-refractivity contribution in [3.8, 4) is 17.2 Å². The van der Waals surface area contributed by atoms with E-state index in [1.165, 1.54) is 28.4 Å². The standard InChI is InChI=1S/C29H30N2O6/c1-16-10-12-17(13-11-16)26-29(19-8-6-7-9-20(19)30-28(29)33)23(24(31-26)27(32)37-5)18-14-21(34-2)25(36-4)22(15-18)35-3/h6-15,23-24,26,31H,1-5H3,(H,30,33)/t23-,24-,26-,29+/m0/s1. The van der Waals surface area contributed by atoms with Gasteiger partial charge in [0.15, 0.2) is 11.5 Å². The number of rotatable bonds is 6. The average Bonchev–Trinajstić information content (AvgIpc) is 3.43. The van der Waals surface area contributed by atoms with Gasteiger partial charge in [0.25, 0.3) is 0 Å². The van der Waals surface area contributed by atoms with E-state index in [2.05, 4.69) is 10.6 Å². The maximum atomic E-state index is 14.2. The number of anilines is 1. The van der Waals surface area contributed by atoms with E-state index in [-0.39, 0.29) is 5.91 Å². The number of carbonyl (C=O) groups is 2. The first kappa shape index (κ1) is 24.6. The van der Waals surface area contributed by atoms with Crippen molar-refractivity contribution in [1.82, 2.24) is 5.32 Å². The van der Waals surface area contributed by atoms with Crippen LogP contribution in [0, 0.1) is 6.92 Å². The van der Waals surface area contributed by atoms with Crippen LogP contribution in [0.1, 0.15) is 34.2 Å². The Balaban J connectivity index is 1.84. The van der Waals surface area contributed by atoms with E-state index >= 15 is 0 Å². The molecular formula is C29H30N2O6. The number of para-hydroxylation sites is 1. The van der Waals surface area contributed by atoms with Crippen molar-refractivity contribution in [3.05, 3.63) is 82.9 Å². The number of fused-ring (bicyclic) bond motifs is 2. The molecule has 3 aromatic carbocycles. The zero-order valence-corrected chi connectivity index (χ0v) is 21.5. The molecule has 1 fully saturated rings. The van der Waals surface area contributed by atoms with Crippen molar-refractivity contribution in [3.63, 3.8) is 0 Å². The van der Waals surface area contributed by atoms with Crippen molar-refractivity contribution >= 4 is 17.6 Å². The number of benzene rings is 3. The molecule has 1 spiro atoms. The highest BCUT2D eigenvalue weighted by Crippen LogP contribution is 2.60. The van der Waals surface area contributed by atoms with E-state index in [4.69, 9.17) is 18.9 Å². The molecule has 2 aliphatic heterocycles. The summed E-state index contributed by atoms with van der Waals surface area (Å²) in [5.74, 6) is -0.0395. The van der Waals surface area contributed by atoms with Gasteiger partial charge in [-0.15, -0.1) is 0 Å². The van der Waals surface area contributed by atoms with E-state index in [9.17, 15) is 9.59 Å². The zero-order valence-electron chi connectivity index (χ0n) is 21.5. The third kappa shape index (κ3) is 3.62. The second kappa shape index (κ2) is 9.44. The lowest BCUT2D eigenvalue weighted by Crippen LogP contribution is -2.44. The quantitative estimate of drug-likeness (QED) is 0.494. The van der Waals surface area contributed by atoms with Gasteiger partial charge in [-0.2, -0.15) is 0 Å². The number of carbonyl (C=O) groups excluding carboxylic acids is 2. The Labute approximate surface area is 215 Å². The smallest absolute Gasteiger partial charge is 0.323 e. The van der Waals surface area contributed by atoms with Crippen LogP contribution in [0.15, 0.2) is 60.7 Å². The number of nitrogens with one attached hydrogen (secondary N) is 2. The first-order valence-electron chi connectivity index (χ1n) is 12.0. The number of hydrogen-bond acceptors (Lipinski definition) is 7. The number of hydrogen-bond donors (Lipinski definition) is 2. The fraction of sp³-hybridized carbons (Fsp3) is 0.310. The summed E-state index contributed by atoms with van der Waals surface area (Å²) >= 11 is 0. The van der Waals surface area contributed by atoms with Gasteiger partial charge in [0.05, 0.1) is 34.5 Å². The fourth-order valence-electron chi connectivity index (χ4n) is 5.93. The molecule has 37 heavy (non-hydrogen) atoms. The summed E-state index contributed by atoms with van der Waals surface area (Å²) < 4.78 is 22.0. The molecule has 0 aromatic heterocycles. The highest BCUT2D eigenvalue weighted by Gasteiger charge is 2.66. The molecule has 2 N–H and O–H groups in total. The Morgan fingerprint density at radius 3 is 2.11 bits per heavy atom. The maximum Gasteiger partial charge on any atom is 0.323 e. The third-order valence-electron chi connectivity index (χ3n) is 7.53. The molecule has 0 unspecified atom stereocenters. The van der Waals surface area contributed by atoms with E-state index in [1.54, 1.807) is 12.1 Å². The highest BCUT2D eigenvalue weighted by atomic mass is 16.5. The SMILES string of the molecule is COC(=O)[C@H]1N[C@@H](c2ccc(C)cc2)[C@]2(C(=O)Nc3ccccc32)[C@H]1c1cc(OC)c(OC)c(OC)c1. The van der Waals surface area contributed by atoms with Crippen LogP contribution in [0.25, 0.3) is 0 Å². The minimum Gasteiger partial charge on any atom is -0.493 e. The van der Waals surface area contributed by atoms with Crippen LogP contribution in [0.2, 0.25) is 0 Å². The largest absolute Gasteiger partial charge is 0.493 e. The lowest BCUT2D eigenvalue weighted by molar-refractivity contribution is -0.143. The summed E-state index contributed by atoms with van der Waals surface area (Å²) in [6.45, 7) is 2.01. The number of methoxy groups -OCH3 is 4. The summed E-state index contributed by atoms with van der Waals surface area (Å²) in [5, 5.41) is 6.57. The number of aryl methyl sites for hydroxylation is 1. The van der Waals surface area contributed by atoms with Gasteiger partial charge in [-0.1, -0.05) is 48.0 Å². The van der Waals surface area contributed by atoms with Crippen LogP contribution in [-0.4, -0.2) is 46.4 Å². The van der Waals surface area contributed by atoms with Crippen LogP contribution < -0.4 is 24.8 Å². The van der Waals surface area contributed by atoms with E-state index in [0.717, 1.165) is 22.4 Å². The lowest BCUT2D eigenvalue weighted by Gasteiger charge is -2.35. The molecule has 8 nitrogen and oxygen atoms in total. The molecule has 2 heterocycles. The molecule has 5 rings (SSSR count). The third-order valence-corrected chi connectivity index (χ3v) is 7.53. The van der Waals surface area contributed by atoms with Gasteiger partial charge in [-0.05, 0) is 41.8 Å². The maximum absolute atomic E-state index is 14.2. The minimum absolute atomic E-state index is 0.197. The first-order valence-corrected chi connectivity index (χ1v) is 12.0. The Morgan fingerprint density at radius 1 is 0.865 bits per heavy atom. The predicted molar refractivity (Wildman–Crippen MR) is 138 cm³/mol. The van der Waals surface area contributed by atoms with Crippen LogP contribution in [0.3, 0.4) is 0 Å². The average molecular weight is 503 g/mol. The molecule has 1 amide bonds. The molecule has 2 aliphatic rings. The number of ether oxygens (including phenoxy) is 4. The summed E-state index contributed by atoms with van der Waals surface area (Å²) in [6, 6.07) is 17.9. The van der Waals surface area contributed by atoms with Gasteiger partial charge < -0.3 is 24.3 Å². The molecule has 0 saturated carbocycles. The molecule has 3 aromatic rings. The lowest BCUT2D eigenvalue weighted by atomic mass is 9.63. The Hall–Kier alpha value is -4.04. The zero-order chi connectivity index (χ0) is 26.3. The van der Waals surface area contributed by atoms with Crippen molar-refractivity contribution in [2.75, 3.05) is 33.8 Å². The van der Waals surface area contributed by atoms with Crippen molar-refractivity contribution in [1.29, 1.82) is 0 Å². The summed E-state index contributed by atoms with van der Waals surface area (Å²) in [5.41, 5.74) is 3.02. The highest BCUT2D eigenvalue weighted by molar-refractivity contribution is 6.09. The molecule has 8 heteroatoms. The second-order valence-electron chi connectivity index (χ2n) is 9.32. The molecule has 4 atom stereocenters. The molecule has 0 bridgehead atoms. The Kier molecular flexibility index (Phi) is 6.29. The summed E-state index contributed by atoms with van der Waals surface area (Å²) in [7, 11) is 5.96. The fourth-order valence-corrected chi connectivity index (χ4v) is 5.93. The second-order valence-corrected chi connectivity index (χ2v) is 9.32. The van der Waals surface area contributed by atoms with E-state index in [0.29, 0.717) is 22.8 Å². The molecule has 1 saturated heterocycles. The summed E-state index contributed by atoms with van der Waals surface area (Å²) in [4.78, 5) is 27.5. The van der Waals surface area contributed by atoms with Crippen molar-refractivity contribution in [2.45, 2.75) is 30.3 Å². The van der Waals surface area contributed by atoms with Crippen LogP contribution >= 0.6 is 0 Å². The van der Waals surface area contributed by atoms with Gasteiger partial charge in [0, 0.05) is 11.6 Å². The number of amides is 1. The number of esters is 1. The van der Waals surface area contributed by atoms with Gasteiger partial charge in [-0.3, -0.25) is 14.9 Å². The predicted octanol–water partition coefficient (Wildman–Crippen LogP) is 3.88. The molecule has 192 valence electrons. The van der Waals surface area contributed by atoms with E-state index < -0.39 is 29.4 Å². The molecule has 0 aliphatic carbocycles. The molecular weight excluding hydrogens is 472 g/mol.